The van der Waals surface area contributed by atoms with Crippen molar-refractivity contribution in [3.05, 3.63) is 30.1 Å². The Morgan fingerprint density at radius 3 is 2.41 bits per heavy atom. The normalized spacial score (nSPS) is 21.3. The highest BCUT2D eigenvalue weighted by Crippen LogP contribution is 2.24. The molecule has 1 aromatic carbocycles. The summed E-state index contributed by atoms with van der Waals surface area (Å²) >= 11 is 1.52. The van der Waals surface area contributed by atoms with Crippen LogP contribution in [0.25, 0.3) is 0 Å². The van der Waals surface area contributed by atoms with Crippen LogP contribution >= 0.6 is 11.8 Å². The van der Waals surface area contributed by atoms with E-state index in [1.54, 1.807) is 12.1 Å². The van der Waals surface area contributed by atoms with Gasteiger partial charge in [-0.3, -0.25) is 9.59 Å². The molecule has 2 rings (SSSR count). The maximum Gasteiger partial charge on any atom is 0.306 e. The molecule has 0 spiro atoms. The molecule has 1 aliphatic rings. The third-order valence-electron chi connectivity index (χ3n) is 3.85. The van der Waals surface area contributed by atoms with Crippen LogP contribution < -0.4 is 5.32 Å². The lowest BCUT2D eigenvalue weighted by atomic mass is 9.86. The number of thioether (sulfide) groups is 1. The molecule has 1 amide bonds. The number of benzene rings is 1. The van der Waals surface area contributed by atoms with Crippen LogP contribution in [0.4, 0.5) is 4.39 Å². The van der Waals surface area contributed by atoms with E-state index in [0.29, 0.717) is 25.0 Å². The minimum absolute atomic E-state index is 0.00612. The summed E-state index contributed by atoms with van der Waals surface area (Å²) in [5.41, 5.74) is 0. The zero-order chi connectivity index (χ0) is 15.9. The Hall–Kier alpha value is -1.56. The predicted molar refractivity (Wildman–Crippen MR) is 83.3 cm³/mol. The van der Waals surface area contributed by atoms with Crippen molar-refractivity contribution >= 4 is 23.6 Å². The first-order chi connectivity index (χ1) is 10.5. The van der Waals surface area contributed by atoms with Gasteiger partial charge >= 0.3 is 5.97 Å². The fourth-order valence-electron chi connectivity index (χ4n) is 2.58. The van der Waals surface area contributed by atoms with Crippen LogP contribution in [0.5, 0.6) is 0 Å². The van der Waals surface area contributed by atoms with Gasteiger partial charge in [-0.25, -0.2) is 4.39 Å². The molecule has 0 aliphatic heterocycles. The number of hydrogen-bond acceptors (Lipinski definition) is 3. The average molecular weight is 325 g/mol. The number of carboxylic acid groups (broad SMARTS) is 1. The van der Waals surface area contributed by atoms with Gasteiger partial charge in [0.15, 0.2) is 0 Å². The molecule has 120 valence electrons. The number of rotatable bonds is 6. The van der Waals surface area contributed by atoms with Crippen molar-refractivity contribution < 1.29 is 19.1 Å². The van der Waals surface area contributed by atoms with Gasteiger partial charge in [0.25, 0.3) is 0 Å². The molecule has 0 unspecified atom stereocenters. The van der Waals surface area contributed by atoms with Crippen LogP contribution in [0.1, 0.15) is 32.1 Å². The van der Waals surface area contributed by atoms with Crippen molar-refractivity contribution in [2.24, 2.45) is 5.92 Å². The van der Waals surface area contributed by atoms with Crippen LogP contribution in [-0.2, 0) is 9.59 Å². The quantitative estimate of drug-likeness (QED) is 0.789. The number of carbonyl (C=O) groups excluding carboxylic acids is 1. The molecular weight excluding hydrogens is 305 g/mol. The monoisotopic (exact) mass is 325 g/mol. The molecule has 0 bridgehead atoms. The molecular formula is C16H20FNO3S. The van der Waals surface area contributed by atoms with Crippen molar-refractivity contribution in [3.63, 3.8) is 0 Å². The van der Waals surface area contributed by atoms with E-state index < -0.39 is 5.97 Å². The van der Waals surface area contributed by atoms with Crippen molar-refractivity contribution in [2.75, 3.05) is 5.75 Å². The molecule has 2 N–H and O–H groups in total. The highest BCUT2D eigenvalue weighted by molar-refractivity contribution is 7.99. The number of aliphatic carboxylic acids is 1. The Kier molecular flexibility index (Phi) is 6.24. The highest BCUT2D eigenvalue weighted by Gasteiger charge is 2.26. The molecule has 0 aromatic heterocycles. The van der Waals surface area contributed by atoms with Crippen molar-refractivity contribution in [3.8, 4) is 0 Å². The molecule has 0 heterocycles. The van der Waals surface area contributed by atoms with E-state index in [1.807, 2.05) is 0 Å². The molecule has 1 saturated carbocycles. The first-order valence-corrected chi connectivity index (χ1v) is 8.43. The number of carbonyl (C=O) groups is 2. The zero-order valence-corrected chi connectivity index (χ0v) is 13.1. The molecule has 0 atom stereocenters. The Bertz CT molecular complexity index is 513. The van der Waals surface area contributed by atoms with E-state index in [4.69, 9.17) is 5.11 Å². The number of carboxylic acids is 1. The summed E-state index contributed by atoms with van der Waals surface area (Å²) in [4.78, 5) is 23.7. The molecule has 0 saturated heterocycles. The Labute approximate surface area is 133 Å². The summed E-state index contributed by atoms with van der Waals surface area (Å²) in [7, 11) is 0. The molecule has 1 aromatic rings. The first-order valence-electron chi connectivity index (χ1n) is 7.45. The van der Waals surface area contributed by atoms with Crippen LogP contribution in [0.2, 0.25) is 0 Å². The van der Waals surface area contributed by atoms with E-state index >= 15 is 0 Å². The smallest absolute Gasteiger partial charge is 0.306 e. The zero-order valence-electron chi connectivity index (χ0n) is 12.3. The molecule has 4 nitrogen and oxygen atoms in total. The fourth-order valence-corrected chi connectivity index (χ4v) is 3.43. The molecule has 22 heavy (non-hydrogen) atoms. The van der Waals surface area contributed by atoms with E-state index in [-0.39, 0.29) is 23.7 Å². The van der Waals surface area contributed by atoms with Crippen molar-refractivity contribution in [1.29, 1.82) is 0 Å². The Morgan fingerprint density at radius 2 is 1.82 bits per heavy atom. The van der Waals surface area contributed by atoms with Gasteiger partial charge in [0.1, 0.15) is 5.82 Å². The van der Waals surface area contributed by atoms with Crippen LogP contribution in [-0.4, -0.2) is 28.8 Å². The molecule has 0 radical (unpaired) electrons. The highest BCUT2D eigenvalue weighted by atomic mass is 32.2. The average Bonchev–Trinajstić information content (AvgIpc) is 2.50. The molecule has 1 fully saturated rings. The van der Waals surface area contributed by atoms with E-state index in [9.17, 15) is 14.0 Å². The number of hydrogen-bond donors (Lipinski definition) is 2. The van der Waals surface area contributed by atoms with Crippen LogP contribution in [0.15, 0.2) is 29.2 Å². The standard InChI is InChI=1S/C16H20FNO3S/c17-12-3-7-14(8-4-12)22-10-9-15(19)18-13-5-1-11(2-6-13)16(20)21/h3-4,7-8,11,13H,1-2,5-6,9-10H2,(H,18,19)(H,20,21). The van der Waals surface area contributed by atoms with E-state index in [1.165, 1.54) is 23.9 Å². The fraction of sp³-hybridized carbons (Fsp3) is 0.500. The Morgan fingerprint density at radius 1 is 1.18 bits per heavy atom. The van der Waals surface area contributed by atoms with Crippen LogP contribution in [0, 0.1) is 11.7 Å². The van der Waals surface area contributed by atoms with Crippen molar-refractivity contribution in [1.82, 2.24) is 5.32 Å². The summed E-state index contributed by atoms with van der Waals surface area (Å²) in [5, 5.41) is 11.9. The van der Waals surface area contributed by atoms with Gasteiger partial charge in [0, 0.05) is 23.1 Å². The van der Waals surface area contributed by atoms with Gasteiger partial charge in [-0.1, -0.05) is 0 Å². The van der Waals surface area contributed by atoms with Gasteiger partial charge < -0.3 is 10.4 Å². The van der Waals surface area contributed by atoms with E-state index in [0.717, 1.165) is 17.7 Å². The lowest BCUT2D eigenvalue weighted by Gasteiger charge is -2.26. The summed E-state index contributed by atoms with van der Waals surface area (Å²) < 4.78 is 12.8. The summed E-state index contributed by atoms with van der Waals surface area (Å²) in [6.07, 6.45) is 3.12. The second-order valence-electron chi connectivity index (χ2n) is 5.51. The second kappa shape index (κ2) is 8.17. The van der Waals surface area contributed by atoms with E-state index in [2.05, 4.69) is 5.32 Å². The number of nitrogens with one attached hydrogen (secondary N) is 1. The molecule has 1 aliphatic carbocycles. The van der Waals surface area contributed by atoms with Gasteiger partial charge in [0.2, 0.25) is 5.91 Å². The predicted octanol–water partition coefficient (Wildman–Crippen LogP) is 3.07. The first kappa shape index (κ1) is 16.8. The topological polar surface area (TPSA) is 66.4 Å². The SMILES string of the molecule is O=C(CCSc1ccc(F)cc1)NC1CCC(C(=O)O)CC1. The number of halogens is 1. The minimum atomic E-state index is -0.736. The maximum absolute atomic E-state index is 12.8. The molecule has 6 heteroatoms. The van der Waals surface area contributed by atoms with Gasteiger partial charge in [-0.05, 0) is 49.9 Å². The maximum atomic E-state index is 12.8. The van der Waals surface area contributed by atoms with Crippen molar-refractivity contribution in [2.45, 2.75) is 43.0 Å². The summed E-state index contributed by atoms with van der Waals surface area (Å²) in [6.45, 7) is 0. The van der Waals surface area contributed by atoms with Crippen LogP contribution in [0.3, 0.4) is 0 Å². The lowest BCUT2D eigenvalue weighted by molar-refractivity contribution is -0.142. The second-order valence-corrected chi connectivity index (χ2v) is 6.68. The third kappa shape index (κ3) is 5.33. The van der Waals surface area contributed by atoms with Gasteiger partial charge in [0.05, 0.1) is 5.92 Å². The lowest BCUT2D eigenvalue weighted by Crippen LogP contribution is -2.38. The van der Waals surface area contributed by atoms with Gasteiger partial charge in [-0.15, -0.1) is 11.8 Å². The number of amides is 1. The summed E-state index contributed by atoms with van der Waals surface area (Å²) in [6, 6.07) is 6.31. The van der Waals surface area contributed by atoms with Gasteiger partial charge in [-0.2, -0.15) is 0 Å². The summed E-state index contributed by atoms with van der Waals surface area (Å²) in [5.74, 6) is -0.628. The third-order valence-corrected chi connectivity index (χ3v) is 4.87. The Balaban J connectivity index is 1.64. The largest absolute Gasteiger partial charge is 0.481 e. The minimum Gasteiger partial charge on any atom is -0.481 e.